The number of rotatable bonds is 8. The lowest BCUT2D eigenvalue weighted by atomic mass is 10.2. The Bertz CT molecular complexity index is 1230. The number of amides is 1. The van der Waals surface area contributed by atoms with E-state index in [1.54, 1.807) is 25.3 Å². The van der Waals surface area contributed by atoms with Gasteiger partial charge in [-0.1, -0.05) is 42.1 Å². The van der Waals surface area contributed by atoms with Crippen LogP contribution in [0.1, 0.15) is 12.5 Å². The van der Waals surface area contributed by atoms with Gasteiger partial charge in [-0.2, -0.15) is 0 Å². The molecule has 2 aromatic heterocycles. The van der Waals surface area contributed by atoms with Gasteiger partial charge in [0.25, 0.3) is 0 Å². The molecule has 0 aliphatic heterocycles. The van der Waals surface area contributed by atoms with E-state index < -0.39 is 11.6 Å². The van der Waals surface area contributed by atoms with Gasteiger partial charge >= 0.3 is 6.36 Å². The Hall–Kier alpha value is -3.73. The molecule has 0 spiro atoms. The summed E-state index contributed by atoms with van der Waals surface area (Å²) in [6.45, 7) is 2.18. The Morgan fingerprint density at radius 1 is 1.09 bits per heavy atom. The van der Waals surface area contributed by atoms with Crippen molar-refractivity contribution < 1.29 is 27.1 Å². The summed E-state index contributed by atoms with van der Waals surface area (Å²) in [5.41, 5.74) is 1.37. The first-order valence-electron chi connectivity index (χ1n) is 10.1. The van der Waals surface area contributed by atoms with Crippen molar-refractivity contribution in [1.29, 1.82) is 0 Å². The van der Waals surface area contributed by atoms with Crippen molar-refractivity contribution in [2.45, 2.75) is 30.2 Å². The normalized spacial score (nSPS) is 12.4. The molecule has 2 aromatic carbocycles. The monoisotopic (exact) mass is 488 g/mol. The summed E-state index contributed by atoms with van der Waals surface area (Å²) in [5, 5.41) is 11.1. The van der Waals surface area contributed by atoms with Crippen molar-refractivity contribution in [1.82, 2.24) is 14.8 Å². The Morgan fingerprint density at radius 3 is 2.47 bits per heavy atom. The van der Waals surface area contributed by atoms with Crippen LogP contribution in [-0.4, -0.2) is 32.3 Å². The highest BCUT2D eigenvalue weighted by atomic mass is 32.2. The van der Waals surface area contributed by atoms with Crippen molar-refractivity contribution in [3.63, 3.8) is 0 Å². The van der Waals surface area contributed by atoms with Crippen LogP contribution in [0.4, 0.5) is 18.9 Å². The number of aromatic nitrogens is 3. The van der Waals surface area contributed by atoms with E-state index in [1.807, 2.05) is 34.9 Å². The molecular weight excluding hydrogens is 469 g/mol. The van der Waals surface area contributed by atoms with Crippen LogP contribution in [0, 0.1) is 0 Å². The number of nitrogens with zero attached hydrogens (tertiary/aromatic N) is 3. The largest absolute Gasteiger partial charge is 0.573 e. The Kier molecular flexibility index (Phi) is 6.92. The SMILES string of the molecule is CC(Sc1nnc(-c2ccco2)n1Cc1ccccc1)C(=O)Nc1ccc(OC(F)(F)F)cc1. The number of benzene rings is 2. The topological polar surface area (TPSA) is 82.2 Å². The fourth-order valence-electron chi connectivity index (χ4n) is 3.07. The van der Waals surface area contributed by atoms with Crippen LogP contribution in [0.3, 0.4) is 0 Å². The average Bonchev–Trinajstić information content (AvgIpc) is 3.45. The van der Waals surface area contributed by atoms with Crippen LogP contribution in [0.15, 0.2) is 82.6 Å². The molecule has 7 nitrogen and oxygen atoms in total. The number of nitrogens with one attached hydrogen (secondary N) is 1. The van der Waals surface area contributed by atoms with E-state index >= 15 is 0 Å². The second-order valence-electron chi connectivity index (χ2n) is 7.18. The van der Waals surface area contributed by atoms with E-state index in [0.29, 0.717) is 29.0 Å². The van der Waals surface area contributed by atoms with Gasteiger partial charge in [-0.15, -0.1) is 23.4 Å². The predicted octanol–water partition coefficient (Wildman–Crippen LogP) is 5.60. The molecule has 0 aliphatic rings. The van der Waals surface area contributed by atoms with Crippen molar-refractivity contribution in [3.8, 4) is 17.3 Å². The summed E-state index contributed by atoms with van der Waals surface area (Å²) in [7, 11) is 0. The summed E-state index contributed by atoms with van der Waals surface area (Å²) < 4.78 is 48.1. The zero-order valence-electron chi connectivity index (χ0n) is 17.8. The third kappa shape index (κ3) is 5.98. The predicted molar refractivity (Wildman–Crippen MR) is 120 cm³/mol. The molecule has 4 rings (SSSR count). The van der Waals surface area contributed by atoms with E-state index in [9.17, 15) is 18.0 Å². The summed E-state index contributed by atoms with van der Waals surface area (Å²) in [6.07, 6.45) is -3.23. The lowest BCUT2D eigenvalue weighted by Gasteiger charge is -2.14. The van der Waals surface area contributed by atoms with Crippen molar-refractivity contribution >= 4 is 23.4 Å². The number of hydrogen-bond donors (Lipinski definition) is 1. The second kappa shape index (κ2) is 10.0. The Morgan fingerprint density at radius 2 is 1.82 bits per heavy atom. The van der Waals surface area contributed by atoms with Crippen LogP contribution >= 0.6 is 11.8 Å². The minimum Gasteiger partial charge on any atom is -0.461 e. The van der Waals surface area contributed by atoms with Crippen molar-refractivity contribution in [2.75, 3.05) is 5.32 Å². The fraction of sp³-hybridized carbons (Fsp3) is 0.174. The lowest BCUT2D eigenvalue weighted by molar-refractivity contribution is -0.274. The maximum absolute atomic E-state index is 12.7. The molecule has 4 aromatic rings. The summed E-state index contributed by atoms with van der Waals surface area (Å²) >= 11 is 1.21. The Balaban J connectivity index is 1.48. The first-order chi connectivity index (χ1) is 16.3. The van der Waals surface area contributed by atoms with Gasteiger partial charge in [0.15, 0.2) is 10.9 Å². The number of thioether (sulfide) groups is 1. The first-order valence-corrected chi connectivity index (χ1v) is 11.0. The smallest absolute Gasteiger partial charge is 0.461 e. The standard InChI is InChI=1S/C23H19F3N4O3S/c1-15(21(31)27-17-9-11-18(12-10-17)33-23(24,25)26)34-22-29-28-20(19-8-5-13-32-19)30(22)14-16-6-3-2-4-7-16/h2-13,15H,14H2,1H3,(H,27,31). The highest BCUT2D eigenvalue weighted by molar-refractivity contribution is 8.00. The minimum absolute atomic E-state index is 0.342. The number of furan rings is 1. The number of carbonyl (C=O) groups excluding carboxylic acids is 1. The maximum Gasteiger partial charge on any atom is 0.573 e. The molecule has 176 valence electrons. The molecule has 34 heavy (non-hydrogen) atoms. The van der Waals surface area contributed by atoms with E-state index in [2.05, 4.69) is 20.3 Å². The molecule has 1 amide bonds. The van der Waals surface area contributed by atoms with Crippen LogP contribution in [0.25, 0.3) is 11.6 Å². The van der Waals surface area contributed by atoms with Gasteiger partial charge in [0, 0.05) is 5.69 Å². The first kappa shape index (κ1) is 23.4. The number of ether oxygens (including phenoxy) is 1. The van der Waals surface area contributed by atoms with E-state index in [4.69, 9.17) is 4.42 Å². The lowest BCUT2D eigenvalue weighted by Crippen LogP contribution is -2.23. The Labute approximate surface area is 196 Å². The molecule has 0 bridgehead atoms. The van der Waals surface area contributed by atoms with Crippen LogP contribution in [0.5, 0.6) is 5.75 Å². The number of anilines is 1. The van der Waals surface area contributed by atoms with Gasteiger partial charge in [-0.05, 0) is 48.9 Å². The molecule has 1 unspecified atom stereocenters. The van der Waals surface area contributed by atoms with Crippen LogP contribution < -0.4 is 10.1 Å². The highest BCUT2D eigenvalue weighted by Crippen LogP contribution is 2.29. The summed E-state index contributed by atoms with van der Waals surface area (Å²) in [6, 6.07) is 18.2. The molecule has 11 heteroatoms. The summed E-state index contributed by atoms with van der Waals surface area (Å²) in [4.78, 5) is 12.7. The molecule has 0 saturated heterocycles. The molecule has 0 aliphatic carbocycles. The molecule has 0 radical (unpaired) electrons. The molecule has 1 N–H and O–H groups in total. The highest BCUT2D eigenvalue weighted by Gasteiger charge is 2.31. The van der Waals surface area contributed by atoms with E-state index in [-0.39, 0.29) is 11.7 Å². The number of carbonyl (C=O) groups is 1. The van der Waals surface area contributed by atoms with Crippen molar-refractivity contribution in [2.24, 2.45) is 0 Å². The third-order valence-electron chi connectivity index (χ3n) is 4.65. The molecule has 1 atom stereocenters. The average molecular weight is 488 g/mol. The van der Waals surface area contributed by atoms with Gasteiger partial charge in [0.05, 0.1) is 18.1 Å². The van der Waals surface area contributed by atoms with Gasteiger partial charge in [0.2, 0.25) is 11.7 Å². The maximum atomic E-state index is 12.7. The van der Waals surface area contributed by atoms with Gasteiger partial charge in [0.1, 0.15) is 5.75 Å². The molecule has 0 saturated carbocycles. The van der Waals surface area contributed by atoms with E-state index in [1.165, 1.54) is 23.9 Å². The van der Waals surface area contributed by atoms with Gasteiger partial charge in [-0.25, -0.2) is 0 Å². The molecular formula is C23H19F3N4O3S. The summed E-state index contributed by atoms with van der Waals surface area (Å²) in [5.74, 6) is 0.369. The number of hydrogen-bond acceptors (Lipinski definition) is 6. The minimum atomic E-state index is -4.78. The quantitative estimate of drug-likeness (QED) is 0.325. The zero-order chi connectivity index (χ0) is 24.1. The third-order valence-corrected chi connectivity index (χ3v) is 5.73. The van der Waals surface area contributed by atoms with Crippen LogP contribution in [0.2, 0.25) is 0 Å². The molecule has 0 fully saturated rings. The second-order valence-corrected chi connectivity index (χ2v) is 8.48. The number of halogens is 3. The van der Waals surface area contributed by atoms with Gasteiger partial charge in [-0.3, -0.25) is 9.36 Å². The van der Waals surface area contributed by atoms with Crippen molar-refractivity contribution in [3.05, 3.63) is 78.6 Å². The zero-order valence-corrected chi connectivity index (χ0v) is 18.6. The number of alkyl halides is 3. The van der Waals surface area contributed by atoms with Crippen LogP contribution in [-0.2, 0) is 11.3 Å². The fourth-order valence-corrected chi connectivity index (χ4v) is 3.92. The molecule has 2 heterocycles. The van der Waals surface area contributed by atoms with Gasteiger partial charge < -0.3 is 14.5 Å². The van der Waals surface area contributed by atoms with E-state index in [0.717, 1.165) is 17.7 Å².